The van der Waals surface area contributed by atoms with Gasteiger partial charge in [0, 0.05) is 6.42 Å². The summed E-state index contributed by atoms with van der Waals surface area (Å²) in [6, 6.07) is -0.831. The van der Waals surface area contributed by atoms with Gasteiger partial charge in [-0.1, -0.05) is 262 Å². The third-order valence-electron chi connectivity index (χ3n) is 14.4. The van der Waals surface area contributed by atoms with E-state index in [0.717, 1.165) is 64.2 Å². The standard InChI is InChI=1S/C62H115NO8/c1-3-5-7-9-11-13-15-17-19-20-21-22-23-24-25-26-27-28-29-30-31-32-33-34-35-36-38-39-41-43-45-47-49-51-56(65)55(54-70-62-61(69)60(68)59(67)57(53-64)71-62)63-58(66)52-50-48-46-44-42-40-37-18-16-14-12-10-8-6-4-2/h12,14,18,37,41,43,49,51,55-57,59-62,64-65,67-69H,3-11,13,15-17,19-36,38-40,42,44-48,50,52-54H2,1-2H3,(H,63,66)/b14-12-,37-18-,43-41+,51-49+. The number of carbonyl (C=O) groups is 1. The van der Waals surface area contributed by atoms with E-state index in [4.69, 9.17) is 9.47 Å². The number of nitrogens with one attached hydrogen (secondary N) is 1. The summed E-state index contributed by atoms with van der Waals surface area (Å²) in [5, 5.41) is 54.4. The number of aliphatic hydroxyl groups is 5. The van der Waals surface area contributed by atoms with Gasteiger partial charge in [0.1, 0.15) is 24.4 Å². The van der Waals surface area contributed by atoms with Crippen LogP contribution in [0.15, 0.2) is 48.6 Å². The third kappa shape index (κ3) is 41.1. The van der Waals surface area contributed by atoms with Crippen molar-refractivity contribution in [3.63, 3.8) is 0 Å². The molecule has 71 heavy (non-hydrogen) atoms. The van der Waals surface area contributed by atoms with Crippen molar-refractivity contribution in [3.05, 3.63) is 48.6 Å². The number of allylic oxidation sites excluding steroid dienone is 7. The molecular formula is C62H115NO8. The summed E-state index contributed by atoms with van der Waals surface area (Å²) in [5.74, 6) is -0.199. The van der Waals surface area contributed by atoms with Crippen molar-refractivity contribution in [2.24, 2.45) is 0 Å². The fraction of sp³-hybridized carbons (Fsp3) is 0.855. The molecule has 1 rings (SSSR count). The minimum absolute atomic E-state index is 0.199. The first kappa shape index (κ1) is 67.2. The summed E-state index contributed by atoms with van der Waals surface area (Å²) >= 11 is 0. The molecule has 0 aliphatic carbocycles. The minimum Gasteiger partial charge on any atom is -0.394 e. The van der Waals surface area contributed by atoms with Gasteiger partial charge in [0.15, 0.2) is 6.29 Å². The van der Waals surface area contributed by atoms with E-state index in [1.54, 1.807) is 6.08 Å². The lowest BCUT2D eigenvalue weighted by atomic mass is 9.99. The van der Waals surface area contributed by atoms with Gasteiger partial charge in [0.05, 0.1) is 25.4 Å². The molecule has 0 saturated carbocycles. The molecule has 0 spiro atoms. The van der Waals surface area contributed by atoms with Crippen LogP contribution in [0.3, 0.4) is 0 Å². The molecule has 7 unspecified atom stereocenters. The van der Waals surface area contributed by atoms with Crippen LogP contribution in [-0.2, 0) is 14.3 Å². The number of hydrogen-bond acceptors (Lipinski definition) is 8. The Morgan fingerprint density at radius 3 is 1.30 bits per heavy atom. The Hall–Kier alpha value is -1.85. The van der Waals surface area contributed by atoms with Crippen molar-refractivity contribution in [2.45, 2.75) is 326 Å². The Balaban J connectivity index is 2.16. The van der Waals surface area contributed by atoms with Crippen molar-refractivity contribution in [2.75, 3.05) is 13.2 Å². The van der Waals surface area contributed by atoms with Crippen molar-refractivity contribution in [1.82, 2.24) is 5.32 Å². The van der Waals surface area contributed by atoms with Crippen LogP contribution < -0.4 is 5.32 Å². The number of aliphatic hydroxyl groups excluding tert-OH is 5. The molecule has 1 amide bonds. The molecule has 1 heterocycles. The van der Waals surface area contributed by atoms with Crippen LogP contribution in [0.4, 0.5) is 0 Å². The van der Waals surface area contributed by atoms with Gasteiger partial charge in [-0.3, -0.25) is 4.79 Å². The summed E-state index contributed by atoms with van der Waals surface area (Å²) in [6.45, 7) is 3.75. The SMILES string of the molecule is CCCCC/C=C\C/C=C\CCCCCCCC(=O)NC(COC1OC(CO)C(O)C(O)C1O)C(O)/C=C/CC/C=C/CCCCCCCCCCCCCCCCCCCCCCCCCCCCC. The number of carbonyl (C=O) groups excluding carboxylic acids is 1. The zero-order chi connectivity index (χ0) is 51.5. The predicted molar refractivity (Wildman–Crippen MR) is 299 cm³/mol. The molecule has 1 fully saturated rings. The lowest BCUT2D eigenvalue weighted by molar-refractivity contribution is -0.302. The van der Waals surface area contributed by atoms with Crippen molar-refractivity contribution in [1.29, 1.82) is 0 Å². The maximum Gasteiger partial charge on any atom is 0.220 e. The molecule has 416 valence electrons. The molecule has 0 aromatic heterocycles. The molecule has 1 saturated heterocycles. The summed E-state index contributed by atoms with van der Waals surface area (Å²) in [4.78, 5) is 13.0. The smallest absolute Gasteiger partial charge is 0.220 e. The van der Waals surface area contributed by atoms with E-state index >= 15 is 0 Å². The summed E-state index contributed by atoms with van der Waals surface area (Å²) in [5.41, 5.74) is 0. The van der Waals surface area contributed by atoms with Crippen LogP contribution in [-0.4, -0.2) is 87.5 Å². The zero-order valence-corrected chi connectivity index (χ0v) is 46.2. The molecule has 1 aliphatic rings. The highest BCUT2D eigenvalue weighted by Gasteiger charge is 2.44. The van der Waals surface area contributed by atoms with E-state index in [9.17, 15) is 30.3 Å². The highest BCUT2D eigenvalue weighted by atomic mass is 16.7. The van der Waals surface area contributed by atoms with E-state index < -0.39 is 49.5 Å². The van der Waals surface area contributed by atoms with Gasteiger partial charge in [-0.25, -0.2) is 0 Å². The van der Waals surface area contributed by atoms with Gasteiger partial charge in [0.2, 0.25) is 5.91 Å². The molecule has 1 aliphatic heterocycles. The van der Waals surface area contributed by atoms with Crippen molar-refractivity contribution < 1.29 is 39.8 Å². The second-order valence-electron chi connectivity index (χ2n) is 21.1. The van der Waals surface area contributed by atoms with Crippen molar-refractivity contribution in [3.8, 4) is 0 Å². The fourth-order valence-electron chi connectivity index (χ4n) is 9.56. The molecule has 0 aromatic rings. The molecule has 0 aromatic carbocycles. The predicted octanol–water partition coefficient (Wildman–Crippen LogP) is 15.3. The zero-order valence-electron chi connectivity index (χ0n) is 46.2. The second-order valence-corrected chi connectivity index (χ2v) is 21.1. The Morgan fingerprint density at radius 1 is 0.479 bits per heavy atom. The van der Waals surface area contributed by atoms with Crippen molar-refractivity contribution >= 4 is 5.91 Å². The topological polar surface area (TPSA) is 149 Å². The Morgan fingerprint density at radius 2 is 0.845 bits per heavy atom. The Bertz CT molecular complexity index is 1250. The maximum atomic E-state index is 13.0. The third-order valence-corrected chi connectivity index (χ3v) is 14.4. The number of rotatable bonds is 52. The monoisotopic (exact) mass is 1000 g/mol. The van der Waals surface area contributed by atoms with Crippen LogP contribution in [0.2, 0.25) is 0 Å². The van der Waals surface area contributed by atoms with Gasteiger partial charge in [-0.05, 0) is 64.2 Å². The quantitative estimate of drug-likeness (QED) is 0.0261. The molecule has 9 heteroatoms. The lowest BCUT2D eigenvalue weighted by Crippen LogP contribution is -2.60. The first-order valence-electron chi connectivity index (χ1n) is 30.4. The molecule has 6 N–H and O–H groups in total. The first-order chi connectivity index (χ1) is 34.8. The minimum atomic E-state index is -1.58. The van der Waals surface area contributed by atoms with Crippen LogP contribution in [0.1, 0.15) is 284 Å². The van der Waals surface area contributed by atoms with Gasteiger partial charge >= 0.3 is 0 Å². The summed E-state index contributed by atoms with van der Waals surface area (Å²) in [6.07, 6.45) is 62.1. The molecule has 0 bridgehead atoms. The average molecular weight is 1000 g/mol. The normalized spacial score (nSPS) is 19.6. The highest BCUT2D eigenvalue weighted by Crippen LogP contribution is 2.23. The van der Waals surface area contributed by atoms with Crippen LogP contribution in [0.25, 0.3) is 0 Å². The van der Waals surface area contributed by atoms with E-state index in [1.165, 1.54) is 199 Å². The number of unbranched alkanes of at least 4 members (excludes halogenated alkanes) is 36. The summed E-state index contributed by atoms with van der Waals surface area (Å²) in [7, 11) is 0. The van der Waals surface area contributed by atoms with Gasteiger partial charge in [-0.2, -0.15) is 0 Å². The Kier molecular flexibility index (Phi) is 48.8. The first-order valence-corrected chi connectivity index (χ1v) is 30.4. The maximum absolute atomic E-state index is 13.0. The van der Waals surface area contributed by atoms with Gasteiger partial charge in [-0.15, -0.1) is 0 Å². The van der Waals surface area contributed by atoms with Gasteiger partial charge in [0.25, 0.3) is 0 Å². The van der Waals surface area contributed by atoms with Crippen LogP contribution in [0, 0.1) is 0 Å². The number of amides is 1. The van der Waals surface area contributed by atoms with Crippen LogP contribution in [0.5, 0.6) is 0 Å². The molecule has 7 atom stereocenters. The lowest BCUT2D eigenvalue weighted by Gasteiger charge is -2.40. The summed E-state index contributed by atoms with van der Waals surface area (Å²) < 4.78 is 11.2. The highest BCUT2D eigenvalue weighted by molar-refractivity contribution is 5.76. The molecule has 0 radical (unpaired) electrons. The van der Waals surface area contributed by atoms with E-state index in [-0.39, 0.29) is 12.5 Å². The van der Waals surface area contributed by atoms with E-state index in [2.05, 4.69) is 55.6 Å². The van der Waals surface area contributed by atoms with E-state index in [1.807, 2.05) is 6.08 Å². The second kappa shape index (κ2) is 51.6. The molecule has 9 nitrogen and oxygen atoms in total. The Labute approximate surface area is 437 Å². The molecular weight excluding hydrogens is 887 g/mol. The fourth-order valence-corrected chi connectivity index (χ4v) is 9.56. The number of hydrogen-bond donors (Lipinski definition) is 6. The average Bonchev–Trinajstić information content (AvgIpc) is 3.37. The van der Waals surface area contributed by atoms with Crippen LogP contribution >= 0.6 is 0 Å². The number of ether oxygens (including phenoxy) is 2. The van der Waals surface area contributed by atoms with Gasteiger partial charge < -0.3 is 40.3 Å². The van der Waals surface area contributed by atoms with E-state index in [0.29, 0.717) is 6.42 Å². The largest absolute Gasteiger partial charge is 0.394 e.